The van der Waals surface area contributed by atoms with Crippen LogP contribution in [0, 0.1) is 0 Å². The maximum Gasteiger partial charge on any atom is 0.263 e. The number of hydrogen-bond acceptors (Lipinski definition) is 3. The molecule has 0 fully saturated rings. The lowest BCUT2D eigenvalue weighted by Crippen LogP contribution is -2.02. The first-order chi connectivity index (χ1) is 8.65. The van der Waals surface area contributed by atoms with Crippen LogP contribution in [0.3, 0.4) is 0 Å². The molecular weight excluding hydrogens is 260 g/mol. The second-order valence-electron chi connectivity index (χ2n) is 3.62. The van der Waals surface area contributed by atoms with Crippen LogP contribution in [0.25, 0.3) is 0 Å². The van der Waals surface area contributed by atoms with Gasteiger partial charge < -0.3 is 5.32 Å². The molecule has 0 aliphatic carbocycles. The van der Waals surface area contributed by atoms with E-state index in [0.29, 0.717) is 17.5 Å². The summed E-state index contributed by atoms with van der Waals surface area (Å²) in [6, 6.07) is 6.11. The highest BCUT2D eigenvalue weighted by molar-refractivity contribution is 6.29. The number of halogens is 3. The van der Waals surface area contributed by atoms with Gasteiger partial charge in [0, 0.05) is 12.1 Å². The monoisotopic (exact) mass is 269 g/mol. The largest absolute Gasteiger partial charge is 0.365 e. The van der Waals surface area contributed by atoms with Crippen molar-refractivity contribution in [2.45, 2.75) is 13.0 Å². The zero-order chi connectivity index (χ0) is 13.0. The molecule has 0 unspecified atom stereocenters. The van der Waals surface area contributed by atoms with Gasteiger partial charge in [0.05, 0.1) is 12.4 Å². The number of nitrogens with zero attached hydrogens (tertiary/aromatic N) is 2. The van der Waals surface area contributed by atoms with Crippen LogP contribution in [0.1, 0.15) is 17.6 Å². The molecule has 1 heterocycles. The Balaban J connectivity index is 1.98. The van der Waals surface area contributed by atoms with Crippen molar-refractivity contribution in [1.82, 2.24) is 9.97 Å². The van der Waals surface area contributed by atoms with E-state index < -0.39 is 6.43 Å². The molecule has 94 valence electrons. The minimum absolute atomic E-state index is 0.0151. The van der Waals surface area contributed by atoms with Gasteiger partial charge in [-0.3, -0.25) is 4.98 Å². The number of anilines is 1. The molecule has 0 saturated carbocycles. The van der Waals surface area contributed by atoms with Crippen molar-refractivity contribution in [1.29, 1.82) is 0 Å². The molecule has 0 aliphatic heterocycles. The number of nitrogens with one attached hydrogen (secondary N) is 1. The zero-order valence-corrected chi connectivity index (χ0v) is 10.0. The summed E-state index contributed by atoms with van der Waals surface area (Å²) in [5, 5.41) is 3.30. The van der Waals surface area contributed by atoms with Gasteiger partial charge in [-0.2, -0.15) is 0 Å². The van der Waals surface area contributed by atoms with Crippen LogP contribution < -0.4 is 5.32 Å². The molecule has 0 spiro atoms. The molecule has 1 N–H and O–H groups in total. The number of rotatable bonds is 4. The van der Waals surface area contributed by atoms with E-state index in [-0.39, 0.29) is 5.56 Å². The first kappa shape index (κ1) is 12.7. The number of alkyl halides is 2. The first-order valence-electron chi connectivity index (χ1n) is 5.23. The lowest BCUT2D eigenvalue weighted by molar-refractivity contribution is 0.151. The van der Waals surface area contributed by atoms with E-state index in [4.69, 9.17) is 11.6 Å². The summed E-state index contributed by atoms with van der Waals surface area (Å²) in [6.45, 7) is 0.471. The molecule has 2 aromatic rings. The molecule has 6 heteroatoms. The standard InChI is InChI=1S/C12H10ClF2N3/c13-10-6-16-7-11(18-10)17-5-8-1-3-9(4-2-8)12(14)15/h1-4,6-7,12H,5H2,(H,17,18). The van der Waals surface area contributed by atoms with Crippen LogP contribution >= 0.6 is 11.6 Å². The van der Waals surface area contributed by atoms with Gasteiger partial charge in [0.2, 0.25) is 0 Å². The third kappa shape index (κ3) is 3.37. The van der Waals surface area contributed by atoms with Crippen LogP contribution in [0.4, 0.5) is 14.6 Å². The van der Waals surface area contributed by atoms with E-state index in [2.05, 4.69) is 15.3 Å². The summed E-state index contributed by atoms with van der Waals surface area (Å²) in [6.07, 6.45) is 0.537. The Morgan fingerprint density at radius 1 is 1.17 bits per heavy atom. The van der Waals surface area contributed by atoms with Gasteiger partial charge >= 0.3 is 0 Å². The van der Waals surface area contributed by atoms with Crippen molar-refractivity contribution in [3.05, 3.63) is 52.9 Å². The van der Waals surface area contributed by atoms with Gasteiger partial charge in [-0.1, -0.05) is 35.9 Å². The summed E-state index contributed by atoms with van der Waals surface area (Å²) in [7, 11) is 0. The Labute approximate surface area is 108 Å². The molecule has 1 aromatic carbocycles. The van der Waals surface area contributed by atoms with Crippen molar-refractivity contribution in [2.24, 2.45) is 0 Å². The predicted octanol–water partition coefficient (Wildman–Crippen LogP) is 3.68. The smallest absolute Gasteiger partial charge is 0.263 e. The maximum absolute atomic E-state index is 12.3. The van der Waals surface area contributed by atoms with E-state index in [9.17, 15) is 8.78 Å². The molecule has 0 radical (unpaired) electrons. The van der Waals surface area contributed by atoms with Crippen molar-refractivity contribution in [2.75, 3.05) is 5.32 Å². The van der Waals surface area contributed by atoms with Gasteiger partial charge in [-0.25, -0.2) is 13.8 Å². The Bertz CT molecular complexity index is 517. The Morgan fingerprint density at radius 2 is 1.89 bits per heavy atom. The zero-order valence-electron chi connectivity index (χ0n) is 9.28. The van der Waals surface area contributed by atoms with Crippen LogP contribution in [-0.4, -0.2) is 9.97 Å². The first-order valence-corrected chi connectivity index (χ1v) is 5.61. The van der Waals surface area contributed by atoms with E-state index >= 15 is 0 Å². The van der Waals surface area contributed by atoms with Gasteiger partial charge in [0.1, 0.15) is 11.0 Å². The molecular formula is C12H10ClF2N3. The summed E-state index contributed by atoms with van der Waals surface area (Å²) in [5.41, 5.74) is 0.891. The van der Waals surface area contributed by atoms with Crippen molar-refractivity contribution in [3.63, 3.8) is 0 Å². The Kier molecular flexibility index (Phi) is 4.04. The summed E-state index contributed by atoms with van der Waals surface area (Å²) < 4.78 is 24.7. The molecule has 0 atom stereocenters. The third-order valence-corrected chi connectivity index (χ3v) is 2.49. The van der Waals surface area contributed by atoms with E-state index in [1.165, 1.54) is 18.3 Å². The van der Waals surface area contributed by atoms with E-state index in [1.807, 2.05) is 0 Å². The highest BCUT2D eigenvalue weighted by Gasteiger charge is 2.05. The minimum atomic E-state index is -2.44. The van der Waals surface area contributed by atoms with Gasteiger partial charge in [0.15, 0.2) is 0 Å². The number of hydrogen-bond donors (Lipinski definition) is 1. The van der Waals surface area contributed by atoms with Crippen LogP contribution in [0.2, 0.25) is 5.15 Å². The number of aromatic nitrogens is 2. The lowest BCUT2D eigenvalue weighted by atomic mass is 10.1. The third-order valence-electron chi connectivity index (χ3n) is 2.31. The Hall–Kier alpha value is -1.75. The van der Waals surface area contributed by atoms with Gasteiger partial charge in [-0.15, -0.1) is 0 Å². The van der Waals surface area contributed by atoms with Crippen LogP contribution in [0.5, 0.6) is 0 Å². The van der Waals surface area contributed by atoms with Crippen molar-refractivity contribution in [3.8, 4) is 0 Å². The maximum atomic E-state index is 12.3. The fourth-order valence-electron chi connectivity index (χ4n) is 1.40. The average molecular weight is 270 g/mol. The molecule has 1 aromatic heterocycles. The summed E-state index contributed by atoms with van der Waals surface area (Å²) in [5.74, 6) is 0.542. The topological polar surface area (TPSA) is 37.8 Å². The van der Waals surface area contributed by atoms with Crippen molar-refractivity contribution < 1.29 is 8.78 Å². The molecule has 0 amide bonds. The molecule has 0 saturated heterocycles. The molecule has 3 nitrogen and oxygen atoms in total. The molecule has 0 bridgehead atoms. The normalized spacial score (nSPS) is 10.7. The lowest BCUT2D eigenvalue weighted by Gasteiger charge is -2.06. The SMILES string of the molecule is FC(F)c1ccc(CNc2cncc(Cl)n2)cc1. The van der Waals surface area contributed by atoms with Crippen molar-refractivity contribution >= 4 is 17.4 Å². The second-order valence-corrected chi connectivity index (χ2v) is 4.01. The van der Waals surface area contributed by atoms with Crippen LogP contribution in [-0.2, 0) is 6.54 Å². The quantitative estimate of drug-likeness (QED) is 0.920. The predicted molar refractivity (Wildman–Crippen MR) is 65.8 cm³/mol. The van der Waals surface area contributed by atoms with E-state index in [1.54, 1.807) is 18.3 Å². The highest BCUT2D eigenvalue weighted by atomic mass is 35.5. The molecule has 18 heavy (non-hydrogen) atoms. The molecule has 0 aliphatic rings. The average Bonchev–Trinajstić information content (AvgIpc) is 2.37. The fourth-order valence-corrected chi connectivity index (χ4v) is 1.55. The number of benzene rings is 1. The molecule has 2 rings (SSSR count). The second kappa shape index (κ2) is 5.73. The van der Waals surface area contributed by atoms with E-state index in [0.717, 1.165) is 5.56 Å². The fraction of sp³-hybridized carbons (Fsp3) is 0.167. The van der Waals surface area contributed by atoms with Crippen LogP contribution in [0.15, 0.2) is 36.7 Å². The van der Waals surface area contributed by atoms with Gasteiger partial charge in [-0.05, 0) is 5.56 Å². The Morgan fingerprint density at radius 3 is 2.50 bits per heavy atom. The highest BCUT2D eigenvalue weighted by Crippen LogP contribution is 2.19. The van der Waals surface area contributed by atoms with Gasteiger partial charge in [0.25, 0.3) is 6.43 Å². The summed E-state index contributed by atoms with van der Waals surface area (Å²) in [4.78, 5) is 7.88. The summed E-state index contributed by atoms with van der Waals surface area (Å²) >= 11 is 5.69. The minimum Gasteiger partial charge on any atom is -0.365 e.